The van der Waals surface area contributed by atoms with Crippen molar-refractivity contribution in [2.75, 3.05) is 6.61 Å². The Morgan fingerprint density at radius 1 is 0.872 bits per heavy atom. The second-order valence-corrected chi connectivity index (χ2v) is 23.7. The van der Waals surface area contributed by atoms with Crippen LogP contribution in [0.4, 0.5) is 0 Å². The SMILES string of the molecule is CC1(C)C(O[Si](C)(C)C(C)(C)C)CC[C@]2(C)C3CC=C4[C@@H]5C[C@@](C)(CO)CC[C@]5(C)CC[C@@]4(C)[C@]3(C)CC[C@@H]12. The van der Waals surface area contributed by atoms with E-state index in [4.69, 9.17) is 4.43 Å². The molecule has 0 aromatic rings. The summed E-state index contributed by atoms with van der Waals surface area (Å²) in [7, 11) is -1.81. The molecule has 39 heavy (non-hydrogen) atoms. The van der Waals surface area contributed by atoms with Crippen molar-refractivity contribution in [3.8, 4) is 0 Å². The molecule has 224 valence electrons. The van der Waals surface area contributed by atoms with Gasteiger partial charge in [0.2, 0.25) is 0 Å². The summed E-state index contributed by atoms with van der Waals surface area (Å²) in [6.45, 7) is 30.6. The molecule has 0 amide bonds. The number of hydrogen-bond acceptors (Lipinski definition) is 2. The van der Waals surface area contributed by atoms with E-state index in [0.717, 1.165) is 11.8 Å². The first-order chi connectivity index (χ1) is 17.7. The van der Waals surface area contributed by atoms with Gasteiger partial charge in [-0.25, -0.2) is 0 Å². The van der Waals surface area contributed by atoms with Gasteiger partial charge in [-0.05, 0) is 133 Å². The lowest BCUT2D eigenvalue weighted by Gasteiger charge is -2.71. The van der Waals surface area contributed by atoms with Crippen LogP contribution in [0.2, 0.25) is 18.1 Å². The molecule has 2 unspecified atom stereocenters. The first-order valence-corrected chi connectivity index (χ1v) is 19.6. The summed E-state index contributed by atoms with van der Waals surface area (Å²) in [5.41, 5.74) is 3.57. The highest BCUT2D eigenvalue weighted by Gasteiger charge is 2.68. The van der Waals surface area contributed by atoms with Gasteiger partial charge < -0.3 is 9.53 Å². The second kappa shape index (κ2) is 8.95. The standard InChI is InChI=1S/C36H64O2Si/c1-30(2,3)39(11,12)38-29-16-17-34(8)27(31(29,4)5)15-18-36(10)28(34)14-13-25-26-23-32(6,24-37)19-20-33(26,7)21-22-35(25,36)9/h13,26-29,37H,14-24H2,1-12H3/t26-,27-,28?,29?,32-,33+,34-,35+,36+/m0/s1. The van der Waals surface area contributed by atoms with Crippen molar-refractivity contribution >= 4 is 8.32 Å². The van der Waals surface area contributed by atoms with Gasteiger partial charge >= 0.3 is 0 Å². The fourth-order valence-corrected chi connectivity index (χ4v) is 12.8. The van der Waals surface area contributed by atoms with Crippen LogP contribution in [0.5, 0.6) is 0 Å². The molecule has 0 radical (unpaired) electrons. The molecule has 5 rings (SSSR count). The van der Waals surface area contributed by atoms with Gasteiger partial charge in [-0.2, -0.15) is 0 Å². The highest BCUT2D eigenvalue weighted by atomic mass is 28.4. The van der Waals surface area contributed by atoms with Gasteiger partial charge in [-0.1, -0.05) is 80.9 Å². The average Bonchev–Trinajstić information content (AvgIpc) is 2.82. The van der Waals surface area contributed by atoms with Gasteiger partial charge in [0.15, 0.2) is 8.32 Å². The van der Waals surface area contributed by atoms with Crippen molar-refractivity contribution in [1.29, 1.82) is 0 Å². The van der Waals surface area contributed by atoms with Crippen LogP contribution in [0.25, 0.3) is 0 Å². The summed E-state index contributed by atoms with van der Waals surface area (Å²) in [4.78, 5) is 0. The molecule has 9 atom stereocenters. The Kier molecular flexibility index (Phi) is 6.96. The molecule has 4 fully saturated rings. The number of rotatable bonds is 3. The summed E-state index contributed by atoms with van der Waals surface area (Å²) in [5.74, 6) is 2.13. The van der Waals surface area contributed by atoms with Crippen molar-refractivity contribution in [3.05, 3.63) is 11.6 Å². The summed E-state index contributed by atoms with van der Waals surface area (Å²) in [6.07, 6.45) is 16.1. The lowest BCUT2D eigenvalue weighted by atomic mass is 9.33. The number of allylic oxidation sites excluding steroid dienone is 2. The van der Waals surface area contributed by atoms with Crippen LogP contribution in [0, 0.1) is 50.2 Å². The number of fused-ring (bicyclic) bond motifs is 7. The average molecular weight is 557 g/mol. The third-order valence-electron chi connectivity index (χ3n) is 15.5. The summed E-state index contributed by atoms with van der Waals surface area (Å²) in [6, 6.07) is 0. The fourth-order valence-electron chi connectivity index (χ4n) is 11.3. The molecule has 3 heteroatoms. The van der Waals surface area contributed by atoms with Crippen molar-refractivity contribution in [3.63, 3.8) is 0 Å². The molecule has 5 aliphatic rings. The van der Waals surface area contributed by atoms with E-state index in [1.54, 1.807) is 0 Å². The monoisotopic (exact) mass is 556 g/mol. The Morgan fingerprint density at radius 2 is 1.51 bits per heavy atom. The number of hydrogen-bond donors (Lipinski definition) is 1. The van der Waals surface area contributed by atoms with E-state index in [9.17, 15) is 5.11 Å². The van der Waals surface area contributed by atoms with Crippen molar-refractivity contribution in [1.82, 2.24) is 0 Å². The summed E-state index contributed by atoms with van der Waals surface area (Å²) in [5, 5.41) is 10.6. The van der Waals surface area contributed by atoms with Crippen LogP contribution in [-0.4, -0.2) is 26.1 Å². The second-order valence-electron chi connectivity index (χ2n) is 18.9. The maximum Gasteiger partial charge on any atom is 0.192 e. The molecule has 1 N–H and O–H groups in total. The zero-order chi connectivity index (χ0) is 29.1. The molecule has 0 spiro atoms. The lowest BCUT2D eigenvalue weighted by Crippen LogP contribution is -2.65. The van der Waals surface area contributed by atoms with E-state index in [2.05, 4.69) is 88.4 Å². The van der Waals surface area contributed by atoms with E-state index >= 15 is 0 Å². The molecule has 0 heterocycles. The Morgan fingerprint density at radius 3 is 2.13 bits per heavy atom. The van der Waals surface area contributed by atoms with Gasteiger partial charge in [0.1, 0.15) is 0 Å². The summed E-state index contributed by atoms with van der Waals surface area (Å²) < 4.78 is 7.23. The molecule has 5 aliphatic carbocycles. The number of aliphatic hydroxyl groups is 1. The van der Waals surface area contributed by atoms with E-state index in [0.29, 0.717) is 40.3 Å². The minimum Gasteiger partial charge on any atom is -0.413 e. The van der Waals surface area contributed by atoms with Crippen LogP contribution in [0.15, 0.2) is 11.6 Å². The fraction of sp³-hybridized carbons (Fsp3) is 0.944. The molecule has 0 bridgehead atoms. The molecule has 0 saturated heterocycles. The third kappa shape index (κ3) is 4.19. The van der Waals surface area contributed by atoms with Crippen molar-refractivity contribution in [2.24, 2.45) is 50.2 Å². The van der Waals surface area contributed by atoms with Gasteiger partial charge in [0, 0.05) is 6.61 Å². The van der Waals surface area contributed by atoms with Crippen molar-refractivity contribution < 1.29 is 9.53 Å². The minimum atomic E-state index is -1.81. The van der Waals surface area contributed by atoms with Crippen LogP contribution in [0.3, 0.4) is 0 Å². The van der Waals surface area contributed by atoms with Gasteiger partial charge in [0.05, 0.1) is 6.10 Å². The van der Waals surface area contributed by atoms with Crippen molar-refractivity contribution in [2.45, 2.75) is 158 Å². The molecule has 2 nitrogen and oxygen atoms in total. The minimum absolute atomic E-state index is 0.0945. The molecular weight excluding hydrogens is 492 g/mol. The smallest absolute Gasteiger partial charge is 0.192 e. The van der Waals surface area contributed by atoms with Crippen LogP contribution >= 0.6 is 0 Å². The van der Waals surface area contributed by atoms with Gasteiger partial charge in [-0.15, -0.1) is 0 Å². The lowest BCUT2D eigenvalue weighted by molar-refractivity contribution is -0.201. The highest BCUT2D eigenvalue weighted by Crippen LogP contribution is 2.75. The topological polar surface area (TPSA) is 29.5 Å². The summed E-state index contributed by atoms with van der Waals surface area (Å²) >= 11 is 0. The molecule has 0 aliphatic heterocycles. The Labute approximate surface area is 243 Å². The van der Waals surface area contributed by atoms with Crippen LogP contribution in [0.1, 0.15) is 133 Å². The van der Waals surface area contributed by atoms with E-state index in [1.165, 1.54) is 64.2 Å². The Bertz CT molecular complexity index is 1010. The molecule has 0 aromatic heterocycles. The maximum atomic E-state index is 10.3. The van der Waals surface area contributed by atoms with Gasteiger partial charge in [0.25, 0.3) is 0 Å². The van der Waals surface area contributed by atoms with Crippen LogP contribution in [-0.2, 0) is 4.43 Å². The molecule has 0 aromatic carbocycles. The highest BCUT2D eigenvalue weighted by molar-refractivity contribution is 6.74. The van der Waals surface area contributed by atoms with E-state index in [1.807, 2.05) is 5.57 Å². The normalized spacial score (nSPS) is 49.7. The predicted molar refractivity (Wildman–Crippen MR) is 168 cm³/mol. The van der Waals surface area contributed by atoms with E-state index in [-0.39, 0.29) is 15.9 Å². The molecule has 4 saturated carbocycles. The zero-order valence-electron chi connectivity index (χ0n) is 28.0. The first-order valence-electron chi connectivity index (χ1n) is 16.7. The Hall–Kier alpha value is -0.123. The quantitative estimate of drug-likeness (QED) is 0.277. The van der Waals surface area contributed by atoms with Crippen LogP contribution < -0.4 is 0 Å². The maximum absolute atomic E-state index is 10.3. The Balaban J connectivity index is 1.48. The first kappa shape index (κ1) is 30.3. The predicted octanol–water partition coefficient (Wildman–Crippen LogP) is 10.2. The zero-order valence-corrected chi connectivity index (χ0v) is 29.0. The van der Waals surface area contributed by atoms with E-state index < -0.39 is 8.32 Å². The molecular formula is C36H64O2Si. The largest absolute Gasteiger partial charge is 0.413 e. The van der Waals surface area contributed by atoms with Gasteiger partial charge in [-0.3, -0.25) is 0 Å². The third-order valence-corrected chi connectivity index (χ3v) is 20.0. The number of aliphatic hydroxyl groups excluding tert-OH is 1.